The summed E-state index contributed by atoms with van der Waals surface area (Å²) in [5.41, 5.74) is 2.01. The first-order chi connectivity index (χ1) is 7.84. The Morgan fingerprint density at radius 1 is 1.31 bits per heavy atom. The van der Waals surface area contributed by atoms with E-state index in [1.54, 1.807) is 16.5 Å². The van der Waals surface area contributed by atoms with Gasteiger partial charge < -0.3 is 10.3 Å². The van der Waals surface area contributed by atoms with Crippen LogP contribution in [0.5, 0.6) is 0 Å². The van der Waals surface area contributed by atoms with Crippen molar-refractivity contribution in [1.82, 2.24) is 14.7 Å². The van der Waals surface area contributed by atoms with Crippen LogP contribution < -0.4 is 10.9 Å². The van der Waals surface area contributed by atoms with E-state index < -0.39 is 0 Å². The number of aromatic amines is 1. The van der Waals surface area contributed by atoms with Crippen LogP contribution in [0.3, 0.4) is 0 Å². The second kappa shape index (κ2) is 3.79. The van der Waals surface area contributed by atoms with Crippen LogP contribution in [0.2, 0.25) is 0 Å². The second-order valence-electron chi connectivity index (χ2n) is 4.33. The molecule has 0 aromatic carbocycles. The average molecular weight is 217 g/mol. The number of hydrogen-bond donors (Lipinski definition) is 2. The fourth-order valence-corrected chi connectivity index (χ4v) is 2.35. The average Bonchev–Trinajstić information content (AvgIpc) is 2.76. The van der Waals surface area contributed by atoms with Crippen LogP contribution in [0, 0.1) is 0 Å². The first-order valence-electron chi connectivity index (χ1n) is 5.78. The third kappa shape index (κ3) is 1.55. The van der Waals surface area contributed by atoms with Crippen LogP contribution in [-0.4, -0.2) is 15.9 Å². The molecule has 1 aliphatic heterocycles. The molecule has 4 nitrogen and oxygen atoms in total. The van der Waals surface area contributed by atoms with Gasteiger partial charge in [0, 0.05) is 18.3 Å². The minimum atomic E-state index is 0.0239. The van der Waals surface area contributed by atoms with Crippen LogP contribution in [0.4, 0.5) is 0 Å². The van der Waals surface area contributed by atoms with E-state index >= 15 is 0 Å². The molecular formula is C12H15N3O. The Morgan fingerprint density at radius 3 is 3.00 bits per heavy atom. The smallest absolute Gasteiger partial charge is 0.256 e. The zero-order valence-corrected chi connectivity index (χ0v) is 9.07. The number of imidazole rings is 1. The number of piperidine rings is 1. The summed E-state index contributed by atoms with van der Waals surface area (Å²) in [5.74, 6) is 0. The van der Waals surface area contributed by atoms with E-state index in [1.807, 2.05) is 12.3 Å². The van der Waals surface area contributed by atoms with Crippen molar-refractivity contribution in [2.24, 2.45) is 0 Å². The van der Waals surface area contributed by atoms with Gasteiger partial charge in [0.1, 0.15) is 5.65 Å². The van der Waals surface area contributed by atoms with Crippen molar-refractivity contribution in [2.75, 3.05) is 6.54 Å². The van der Waals surface area contributed by atoms with Crippen molar-refractivity contribution in [3.05, 3.63) is 40.4 Å². The molecule has 0 aliphatic carbocycles. The van der Waals surface area contributed by atoms with Gasteiger partial charge in [-0.2, -0.15) is 0 Å². The Morgan fingerprint density at radius 2 is 2.25 bits per heavy atom. The standard InChI is InChI=1S/C12H15N3O/c16-12-6-3-5-11-14-10(8-15(11)12)9-4-1-2-7-13-9/h3,5-6,8-9,13-14H,1-2,4,7H2. The number of aromatic nitrogens is 2. The summed E-state index contributed by atoms with van der Waals surface area (Å²) in [6, 6.07) is 5.66. The topological polar surface area (TPSA) is 49.3 Å². The molecule has 2 N–H and O–H groups in total. The molecular weight excluding hydrogens is 202 g/mol. The van der Waals surface area contributed by atoms with Gasteiger partial charge in [-0.1, -0.05) is 12.5 Å². The Bertz CT molecular complexity index is 549. The van der Waals surface area contributed by atoms with Gasteiger partial charge in [-0.05, 0) is 25.5 Å². The van der Waals surface area contributed by atoms with E-state index in [0.717, 1.165) is 24.3 Å². The maximum absolute atomic E-state index is 11.6. The summed E-state index contributed by atoms with van der Waals surface area (Å²) in [7, 11) is 0. The summed E-state index contributed by atoms with van der Waals surface area (Å²) >= 11 is 0. The molecule has 16 heavy (non-hydrogen) atoms. The first-order valence-corrected chi connectivity index (χ1v) is 5.78. The summed E-state index contributed by atoms with van der Waals surface area (Å²) < 4.78 is 1.67. The number of H-pyrrole nitrogens is 1. The zero-order valence-electron chi connectivity index (χ0n) is 9.07. The fourth-order valence-electron chi connectivity index (χ4n) is 2.35. The lowest BCUT2D eigenvalue weighted by Crippen LogP contribution is -2.27. The van der Waals surface area contributed by atoms with Gasteiger partial charge in [-0.15, -0.1) is 0 Å². The molecule has 3 rings (SSSR count). The molecule has 1 aliphatic rings. The first kappa shape index (κ1) is 9.66. The summed E-state index contributed by atoms with van der Waals surface area (Å²) in [4.78, 5) is 14.9. The summed E-state index contributed by atoms with van der Waals surface area (Å²) in [5, 5.41) is 3.47. The molecule has 1 saturated heterocycles. The number of nitrogens with zero attached hydrogens (tertiary/aromatic N) is 1. The number of rotatable bonds is 1. The van der Waals surface area contributed by atoms with E-state index in [9.17, 15) is 4.79 Å². The Kier molecular flexibility index (Phi) is 2.29. The SMILES string of the molecule is O=c1cccc2[nH]c(C3CCCCN3)cn12. The van der Waals surface area contributed by atoms with Crippen molar-refractivity contribution in [2.45, 2.75) is 25.3 Å². The minimum Gasteiger partial charge on any atom is -0.342 e. The van der Waals surface area contributed by atoms with E-state index in [4.69, 9.17) is 0 Å². The monoisotopic (exact) mass is 217 g/mol. The molecule has 4 heteroatoms. The molecule has 3 heterocycles. The highest BCUT2D eigenvalue weighted by Gasteiger charge is 2.16. The van der Waals surface area contributed by atoms with Gasteiger partial charge in [-0.25, -0.2) is 0 Å². The van der Waals surface area contributed by atoms with Gasteiger partial charge in [0.15, 0.2) is 0 Å². The predicted octanol–water partition coefficient (Wildman–Crippen LogP) is 1.44. The Hall–Kier alpha value is -1.55. The van der Waals surface area contributed by atoms with Gasteiger partial charge in [0.05, 0.1) is 5.69 Å². The van der Waals surface area contributed by atoms with Gasteiger partial charge in [-0.3, -0.25) is 9.20 Å². The predicted molar refractivity (Wildman–Crippen MR) is 62.6 cm³/mol. The molecule has 0 radical (unpaired) electrons. The third-order valence-corrected chi connectivity index (χ3v) is 3.22. The number of nitrogens with one attached hydrogen (secondary N) is 2. The van der Waals surface area contributed by atoms with Gasteiger partial charge in [0.25, 0.3) is 5.56 Å². The van der Waals surface area contributed by atoms with Crippen molar-refractivity contribution < 1.29 is 0 Å². The van der Waals surface area contributed by atoms with Gasteiger partial charge in [0.2, 0.25) is 0 Å². The molecule has 0 bridgehead atoms. The van der Waals surface area contributed by atoms with Crippen LogP contribution >= 0.6 is 0 Å². The molecule has 1 fully saturated rings. The molecule has 0 spiro atoms. The fraction of sp³-hybridized carbons (Fsp3) is 0.417. The van der Waals surface area contributed by atoms with Crippen molar-refractivity contribution in [3.63, 3.8) is 0 Å². The number of pyridine rings is 1. The molecule has 0 amide bonds. The normalized spacial score (nSPS) is 21.4. The lowest BCUT2D eigenvalue weighted by molar-refractivity contribution is 0.406. The summed E-state index contributed by atoms with van der Waals surface area (Å²) in [6.07, 6.45) is 5.56. The minimum absolute atomic E-state index is 0.0239. The maximum Gasteiger partial charge on any atom is 0.256 e. The van der Waals surface area contributed by atoms with Crippen molar-refractivity contribution >= 4 is 5.65 Å². The quantitative estimate of drug-likeness (QED) is 0.759. The van der Waals surface area contributed by atoms with E-state index in [2.05, 4.69) is 10.3 Å². The highest BCUT2D eigenvalue weighted by atomic mass is 16.1. The largest absolute Gasteiger partial charge is 0.342 e. The third-order valence-electron chi connectivity index (χ3n) is 3.22. The second-order valence-corrected chi connectivity index (χ2v) is 4.33. The highest BCUT2D eigenvalue weighted by Crippen LogP contribution is 2.21. The molecule has 1 unspecified atom stereocenters. The number of fused-ring (bicyclic) bond motifs is 1. The summed E-state index contributed by atoms with van der Waals surface area (Å²) in [6.45, 7) is 1.06. The van der Waals surface area contributed by atoms with E-state index in [1.165, 1.54) is 12.8 Å². The molecule has 2 aromatic heterocycles. The lowest BCUT2D eigenvalue weighted by atomic mass is 10.0. The van der Waals surface area contributed by atoms with Crippen LogP contribution in [-0.2, 0) is 0 Å². The molecule has 84 valence electrons. The molecule has 1 atom stereocenters. The van der Waals surface area contributed by atoms with Crippen LogP contribution in [0.15, 0.2) is 29.2 Å². The van der Waals surface area contributed by atoms with Crippen LogP contribution in [0.25, 0.3) is 5.65 Å². The molecule has 2 aromatic rings. The Labute approximate surface area is 93.3 Å². The molecule has 0 saturated carbocycles. The number of hydrogen-bond acceptors (Lipinski definition) is 2. The highest BCUT2D eigenvalue weighted by molar-refractivity contribution is 5.40. The van der Waals surface area contributed by atoms with Crippen molar-refractivity contribution in [1.29, 1.82) is 0 Å². The van der Waals surface area contributed by atoms with Crippen LogP contribution in [0.1, 0.15) is 31.0 Å². The van der Waals surface area contributed by atoms with E-state index in [-0.39, 0.29) is 5.56 Å². The Balaban J connectivity index is 2.04. The maximum atomic E-state index is 11.6. The zero-order chi connectivity index (χ0) is 11.0. The van der Waals surface area contributed by atoms with Crippen molar-refractivity contribution in [3.8, 4) is 0 Å². The van der Waals surface area contributed by atoms with Gasteiger partial charge >= 0.3 is 0 Å². The lowest BCUT2D eigenvalue weighted by Gasteiger charge is -2.21. The van der Waals surface area contributed by atoms with E-state index in [0.29, 0.717) is 6.04 Å².